The third kappa shape index (κ3) is 5.96. The summed E-state index contributed by atoms with van der Waals surface area (Å²) in [7, 11) is 0. The zero-order valence-corrected chi connectivity index (χ0v) is 18.1. The number of carboxylic acids is 1. The zero-order chi connectivity index (χ0) is 23.4. The molecule has 4 rings (SSSR count). The van der Waals surface area contributed by atoms with Crippen molar-refractivity contribution in [2.45, 2.75) is 38.0 Å². The lowest BCUT2D eigenvalue weighted by molar-refractivity contribution is -0.184. The topological polar surface area (TPSA) is 71.9 Å². The van der Waals surface area contributed by atoms with Crippen LogP contribution in [0.5, 0.6) is 5.75 Å². The van der Waals surface area contributed by atoms with Crippen LogP contribution in [0.25, 0.3) is 0 Å². The molecule has 0 radical (unpaired) electrons. The number of nitrogens with zero attached hydrogens (tertiary/aromatic N) is 2. The van der Waals surface area contributed by atoms with E-state index in [4.69, 9.17) is 14.6 Å². The number of aromatic nitrogens is 1. The third-order valence-corrected chi connectivity index (χ3v) is 6.46. The average Bonchev–Trinajstić information content (AvgIpc) is 2.83. The van der Waals surface area contributed by atoms with E-state index in [1.165, 1.54) is 0 Å². The number of ether oxygens (including phenoxy) is 2. The van der Waals surface area contributed by atoms with Crippen LogP contribution in [0.4, 0.5) is 18.9 Å². The highest BCUT2D eigenvalue weighted by molar-refractivity contribution is 5.87. The van der Waals surface area contributed by atoms with Crippen LogP contribution in [0.1, 0.15) is 47.7 Å². The smallest absolute Gasteiger partial charge is 0.391 e. The summed E-state index contributed by atoms with van der Waals surface area (Å²) in [6, 6.07) is 8.56. The van der Waals surface area contributed by atoms with Gasteiger partial charge in [0.25, 0.3) is 0 Å². The number of hydrogen-bond acceptors (Lipinski definition) is 5. The van der Waals surface area contributed by atoms with Gasteiger partial charge in [0.05, 0.1) is 42.8 Å². The van der Waals surface area contributed by atoms with Crippen LogP contribution in [0.3, 0.4) is 0 Å². The molecule has 9 heteroatoms. The summed E-state index contributed by atoms with van der Waals surface area (Å²) in [5.41, 5.74) is 2.01. The monoisotopic (exact) mass is 464 g/mol. The minimum Gasteiger partial charge on any atom is -0.492 e. The van der Waals surface area contributed by atoms with Gasteiger partial charge in [-0.3, -0.25) is 4.98 Å². The van der Waals surface area contributed by atoms with Gasteiger partial charge in [-0.05, 0) is 49.3 Å². The van der Waals surface area contributed by atoms with Crippen LogP contribution in [-0.2, 0) is 4.74 Å². The molecule has 1 aromatic carbocycles. The number of alkyl halides is 3. The van der Waals surface area contributed by atoms with Crippen molar-refractivity contribution in [2.24, 2.45) is 11.8 Å². The van der Waals surface area contributed by atoms with Gasteiger partial charge in [0.1, 0.15) is 11.9 Å². The molecule has 6 nitrogen and oxygen atoms in total. The van der Waals surface area contributed by atoms with E-state index in [-0.39, 0.29) is 30.4 Å². The first kappa shape index (κ1) is 23.4. The molecule has 0 bridgehead atoms. The number of carboxylic acid groups (broad SMARTS) is 1. The Morgan fingerprint density at radius 3 is 2.55 bits per heavy atom. The van der Waals surface area contributed by atoms with Crippen molar-refractivity contribution in [1.29, 1.82) is 0 Å². The molecule has 1 aliphatic carbocycles. The van der Waals surface area contributed by atoms with Crippen LogP contribution in [-0.4, -0.2) is 48.5 Å². The molecule has 1 aromatic heterocycles. The molecule has 2 aliphatic rings. The standard InChI is InChI=1S/C24H27F3N2O4/c25-24(26,27)19-7-1-16(2-8-19)15-33-21-11-20(12-28-13-21)29-9-10-32-22(14-29)17-3-5-18(6-4-17)23(30)31/h3-6,11-13,16,19,22H,1-2,7-10,14-15H2,(H,30,31). The number of halogens is 3. The van der Waals surface area contributed by atoms with Crippen LogP contribution in [0.15, 0.2) is 42.7 Å². The summed E-state index contributed by atoms with van der Waals surface area (Å²) >= 11 is 0. The highest BCUT2D eigenvalue weighted by Gasteiger charge is 2.41. The molecular weight excluding hydrogens is 437 g/mol. The predicted octanol–water partition coefficient (Wildman–Crippen LogP) is 5.11. The summed E-state index contributed by atoms with van der Waals surface area (Å²) in [5.74, 6) is -1.44. The van der Waals surface area contributed by atoms with Gasteiger partial charge in [0, 0.05) is 19.2 Å². The Hall–Kier alpha value is -2.81. The minimum atomic E-state index is -4.10. The fraction of sp³-hybridized carbons (Fsp3) is 0.500. The first-order chi connectivity index (χ1) is 15.8. The molecule has 0 amide bonds. The maximum atomic E-state index is 12.8. The van der Waals surface area contributed by atoms with E-state index in [1.807, 2.05) is 6.07 Å². The van der Waals surface area contributed by atoms with E-state index in [0.717, 1.165) is 11.3 Å². The van der Waals surface area contributed by atoms with Gasteiger partial charge in [-0.25, -0.2) is 4.79 Å². The van der Waals surface area contributed by atoms with Gasteiger partial charge >= 0.3 is 12.1 Å². The molecule has 33 heavy (non-hydrogen) atoms. The van der Waals surface area contributed by atoms with Gasteiger partial charge in [0.15, 0.2) is 0 Å². The molecule has 0 spiro atoms. The Bertz CT molecular complexity index is 943. The van der Waals surface area contributed by atoms with Crippen molar-refractivity contribution in [3.05, 3.63) is 53.9 Å². The van der Waals surface area contributed by atoms with Crippen molar-refractivity contribution in [3.8, 4) is 5.75 Å². The fourth-order valence-corrected chi connectivity index (χ4v) is 4.46. The molecular formula is C24H27F3N2O4. The Labute approximate surface area is 190 Å². The van der Waals surface area contributed by atoms with Gasteiger partial charge in [-0.2, -0.15) is 13.2 Å². The highest BCUT2D eigenvalue weighted by Crippen LogP contribution is 2.39. The number of morpholine rings is 1. The second kappa shape index (κ2) is 9.99. The molecule has 2 heterocycles. The molecule has 1 N–H and O–H groups in total. The average molecular weight is 464 g/mol. The Balaban J connectivity index is 1.33. The van der Waals surface area contributed by atoms with Crippen LogP contribution in [0.2, 0.25) is 0 Å². The lowest BCUT2D eigenvalue weighted by Gasteiger charge is -2.34. The number of benzene rings is 1. The van der Waals surface area contributed by atoms with Gasteiger partial charge in [-0.1, -0.05) is 12.1 Å². The molecule has 1 aliphatic heterocycles. The van der Waals surface area contributed by atoms with Crippen molar-refractivity contribution >= 4 is 11.7 Å². The largest absolute Gasteiger partial charge is 0.492 e. The number of rotatable bonds is 6. The Morgan fingerprint density at radius 1 is 1.15 bits per heavy atom. The number of pyridine rings is 1. The molecule has 178 valence electrons. The van der Waals surface area contributed by atoms with Gasteiger partial charge in [0.2, 0.25) is 0 Å². The second-order valence-electron chi connectivity index (χ2n) is 8.68. The van der Waals surface area contributed by atoms with E-state index in [2.05, 4.69) is 9.88 Å². The lowest BCUT2D eigenvalue weighted by atomic mass is 9.82. The summed E-state index contributed by atoms with van der Waals surface area (Å²) in [5, 5.41) is 9.07. The van der Waals surface area contributed by atoms with E-state index >= 15 is 0 Å². The Kier molecular flexibility index (Phi) is 7.07. The van der Waals surface area contributed by atoms with Crippen molar-refractivity contribution in [1.82, 2.24) is 4.98 Å². The van der Waals surface area contributed by atoms with Gasteiger partial charge < -0.3 is 19.5 Å². The highest BCUT2D eigenvalue weighted by atomic mass is 19.4. The second-order valence-corrected chi connectivity index (χ2v) is 8.68. The maximum absolute atomic E-state index is 12.8. The molecule has 2 fully saturated rings. The third-order valence-electron chi connectivity index (χ3n) is 6.46. The molecule has 2 aromatic rings. The molecule has 1 unspecified atom stereocenters. The number of anilines is 1. The first-order valence-electron chi connectivity index (χ1n) is 11.1. The van der Waals surface area contributed by atoms with Gasteiger partial charge in [-0.15, -0.1) is 0 Å². The zero-order valence-electron chi connectivity index (χ0n) is 18.1. The summed E-state index contributed by atoms with van der Waals surface area (Å²) in [4.78, 5) is 17.5. The Morgan fingerprint density at radius 2 is 1.88 bits per heavy atom. The van der Waals surface area contributed by atoms with Crippen molar-refractivity contribution in [3.63, 3.8) is 0 Å². The molecule has 1 atom stereocenters. The number of aromatic carboxylic acids is 1. The molecule has 1 saturated heterocycles. The lowest BCUT2D eigenvalue weighted by Crippen LogP contribution is -2.38. The summed E-state index contributed by atoms with van der Waals surface area (Å²) in [6.45, 7) is 2.16. The van der Waals surface area contributed by atoms with Crippen LogP contribution in [0, 0.1) is 11.8 Å². The van der Waals surface area contributed by atoms with Crippen molar-refractivity contribution in [2.75, 3.05) is 31.2 Å². The maximum Gasteiger partial charge on any atom is 0.391 e. The number of hydrogen-bond donors (Lipinski definition) is 1. The van der Waals surface area contributed by atoms with E-state index < -0.39 is 18.1 Å². The normalized spacial score (nSPS) is 23.8. The summed E-state index contributed by atoms with van der Waals surface area (Å²) < 4.78 is 50.3. The minimum absolute atomic E-state index is 0.119. The fourth-order valence-electron chi connectivity index (χ4n) is 4.46. The molecule has 1 saturated carbocycles. The van der Waals surface area contributed by atoms with Crippen LogP contribution >= 0.6 is 0 Å². The first-order valence-corrected chi connectivity index (χ1v) is 11.1. The quantitative estimate of drug-likeness (QED) is 0.641. The SMILES string of the molecule is O=C(O)c1ccc(C2CN(c3cncc(OCC4CCC(C(F)(F)F)CC4)c3)CCO2)cc1. The predicted molar refractivity (Wildman–Crippen MR) is 116 cm³/mol. The van der Waals surface area contributed by atoms with E-state index in [1.54, 1.807) is 36.7 Å². The van der Waals surface area contributed by atoms with E-state index in [9.17, 15) is 18.0 Å². The number of carbonyl (C=O) groups is 1. The van der Waals surface area contributed by atoms with E-state index in [0.29, 0.717) is 44.9 Å². The van der Waals surface area contributed by atoms with Crippen LogP contribution < -0.4 is 9.64 Å². The van der Waals surface area contributed by atoms with Crippen molar-refractivity contribution < 1.29 is 32.5 Å². The summed E-state index contributed by atoms with van der Waals surface area (Å²) in [6.07, 6.45) is 0.432.